The van der Waals surface area contributed by atoms with Crippen molar-refractivity contribution in [1.29, 1.82) is 0 Å². The van der Waals surface area contributed by atoms with Gasteiger partial charge in [0, 0.05) is 18.8 Å². The number of allylic oxidation sites excluding steroid dienone is 1. The normalized spacial score (nSPS) is 17.2. The van der Waals surface area contributed by atoms with Crippen molar-refractivity contribution in [2.24, 2.45) is 0 Å². The molecule has 7 heteroatoms. The van der Waals surface area contributed by atoms with Crippen LogP contribution in [0.2, 0.25) is 0 Å². The van der Waals surface area contributed by atoms with Gasteiger partial charge in [0.1, 0.15) is 5.75 Å². The first-order chi connectivity index (χ1) is 11.4. The van der Waals surface area contributed by atoms with E-state index in [4.69, 9.17) is 17.0 Å². The van der Waals surface area contributed by atoms with Crippen molar-refractivity contribution in [3.05, 3.63) is 39.5 Å². The molecule has 0 bridgehead atoms. The quantitative estimate of drug-likeness (QED) is 0.728. The minimum absolute atomic E-state index is 0.0111. The van der Waals surface area contributed by atoms with E-state index >= 15 is 0 Å². The molecule has 0 radical (unpaired) electrons. The van der Waals surface area contributed by atoms with E-state index in [1.54, 1.807) is 7.11 Å². The minimum Gasteiger partial charge on any atom is -0.496 e. The summed E-state index contributed by atoms with van der Waals surface area (Å²) in [6.45, 7) is 7.16. The van der Waals surface area contributed by atoms with Gasteiger partial charge in [0.25, 0.3) is 5.91 Å². The lowest BCUT2D eigenvalue weighted by Gasteiger charge is -2.33. The molecule has 0 saturated carbocycles. The average molecular weight is 412 g/mol. The predicted molar refractivity (Wildman–Crippen MR) is 103 cm³/mol. The van der Waals surface area contributed by atoms with Gasteiger partial charge in [-0.15, -0.1) is 0 Å². The number of rotatable bonds is 5. The van der Waals surface area contributed by atoms with Gasteiger partial charge in [-0.25, -0.2) is 0 Å². The summed E-state index contributed by atoms with van der Waals surface area (Å²) in [6, 6.07) is 5.47. The smallest absolute Gasteiger partial charge is 0.253 e. The Balaban J connectivity index is 2.48. The highest BCUT2D eigenvalue weighted by molar-refractivity contribution is 9.10. The van der Waals surface area contributed by atoms with Crippen LogP contribution in [0.3, 0.4) is 0 Å². The molecule has 1 amide bonds. The van der Waals surface area contributed by atoms with E-state index in [-0.39, 0.29) is 11.9 Å². The van der Waals surface area contributed by atoms with Crippen LogP contribution in [0.4, 0.5) is 0 Å². The van der Waals surface area contributed by atoms with E-state index in [0.29, 0.717) is 23.8 Å². The topological polar surface area (TPSA) is 53.6 Å². The second-order valence-corrected chi connectivity index (χ2v) is 6.70. The van der Waals surface area contributed by atoms with Gasteiger partial charge in [0.05, 0.1) is 23.2 Å². The minimum atomic E-state index is -0.297. The highest BCUT2D eigenvalue weighted by atomic mass is 79.9. The summed E-state index contributed by atoms with van der Waals surface area (Å²) in [5, 5.41) is 6.80. The lowest BCUT2D eigenvalue weighted by molar-refractivity contribution is -0.127. The fourth-order valence-corrected chi connectivity index (χ4v) is 3.60. The van der Waals surface area contributed by atoms with Crippen molar-refractivity contribution in [2.45, 2.75) is 26.8 Å². The molecule has 1 heterocycles. The first-order valence-electron chi connectivity index (χ1n) is 7.83. The van der Waals surface area contributed by atoms with Crippen molar-refractivity contribution in [1.82, 2.24) is 15.5 Å². The summed E-state index contributed by atoms with van der Waals surface area (Å²) in [4.78, 5) is 14.8. The number of carbonyl (C=O) groups excluding carboxylic acids is 1. The van der Waals surface area contributed by atoms with E-state index in [0.717, 1.165) is 21.5 Å². The molecule has 0 unspecified atom stereocenters. The van der Waals surface area contributed by atoms with Gasteiger partial charge in [-0.2, -0.15) is 0 Å². The maximum atomic E-state index is 13.0. The summed E-state index contributed by atoms with van der Waals surface area (Å²) >= 11 is 8.79. The van der Waals surface area contributed by atoms with Gasteiger partial charge in [-0.3, -0.25) is 4.79 Å². The van der Waals surface area contributed by atoms with E-state index in [1.165, 1.54) is 0 Å². The zero-order valence-corrected chi connectivity index (χ0v) is 16.7. The van der Waals surface area contributed by atoms with Crippen LogP contribution >= 0.6 is 28.1 Å². The Morgan fingerprint density at radius 2 is 2.04 bits per heavy atom. The van der Waals surface area contributed by atoms with Crippen molar-refractivity contribution in [3.63, 3.8) is 0 Å². The number of benzene rings is 1. The summed E-state index contributed by atoms with van der Waals surface area (Å²) in [6.07, 6.45) is 0. The zero-order chi connectivity index (χ0) is 17.9. The number of thiocarbonyl (C=S) groups is 1. The first-order valence-corrected chi connectivity index (χ1v) is 9.04. The van der Waals surface area contributed by atoms with Crippen LogP contribution in [-0.4, -0.2) is 36.1 Å². The van der Waals surface area contributed by atoms with Crippen molar-refractivity contribution in [2.75, 3.05) is 20.2 Å². The summed E-state index contributed by atoms with van der Waals surface area (Å²) in [7, 11) is 1.62. The third-order valence-corrected chi connectivity index (χ3v) is 4.90. The molecule has 0 aliphatic carbocycles. The monoisotopic (exact) mass is 411 g/mol. The molecule has 2 rings (SSSR count). The number of carbonyl (C=O) groups is 1. The Bertz CT molecular complexity index is 686. The number of likely N-dealkylation sites (N-methyl/N-ethyl adjacent to an activating group) is 1. The van der Waals surface area contributed by atoms with Crippen molar-refractivity contribution < 1.29 is 9.53 Å². The molecule has 2 N–H and O–H groups in total. The molecular weight excluding hydrogens is 390 g/mol. The van der Waals surface area contributed by atoms with Crippen LogP contribution in [0, 0.1) is 0 Å². The van der Waals surface area contributed by atoms with Crippen molar-refractivity contribution in [3.8, 4) is 5.75 Å². The molecule has 0 saturated heterocycles. The van der Waals surface area contributed by atoms with Gasteiger partial charge >= 0.3 is 0 Å². The Morgan fingerprint density at radius 1 is 1.38 bits per heavy atom. The molecule has 1 aromatic rings. The second kappa shape index (κ2) is 7.98. The number of hydrogen-bond acceptors (Lipinski definition) is 3. The van der Waals surface area contributed by atoms with E-state index < -0.39 is 0 Å². The van der Waals surface area contributed by atoms with Crippen LogP contribution in [0.1, 0.15) is 32.4 Å². The highest BCUT2D eigenvalue weighted by Gasteiger charge is 2.32. The number of ether oxygens (including phenoxy) is 1. The maximum absolute atomic E-state index is 13.0. The molecular formula is C17H22BrN3O2S. The number of hydrogen-bond donors (Lipinski definition) is 2. The summed E-state index contributed by atoms with van der Waals surface area (Å²) in [5.41, 5.74) is 2.42. The fourth-order valence-electron chi connectivity index (χ4n) is 2.77. The van der Waals surface area contributed by atoms with Gasteiger partial charge in [-0.1, -0.05) is 6.07 Å². The molecule has 5 nitrogen and oxygen atoms in total. The summed E-state index contributed by atoms with van der Waals surface area (Å²) < 4.78 is 6.12. The largest absolute Gasteiger partial charge is 0.496 e. The number of amides is 1. The lowest BCUT2D eigenvalue weighted by atomic mass is 9.94. The van der Waals surface area contributed by atoms with Crippen LogP contribution in [-0.2, 0) is 4.79 Å². The van der Waals surface area contributed by atoms with Gasteiger partial charge in [0.15, 0.2) is 5.11 Å². The molecule has 0 spiro atoms. The molecule has 1 aliphatic rings. The fraction of sp³-hybridized carbons (Fsp3) is 0.412. The van der Waals surface area contributed by atoms with Crippen LogP contribution < -0.4 is 15.4 Å². The Kier molecular flexibility index (Phi) is 6.23. The number of nitrogens with one attached hydrogen (secondary N) is 2. The van der Waals surface area contributed by atoms with Gasteiger partial charge in [0.2, 0.25) is 0 Å². The van der Waals surface area contributed by atoms with Gasteiger partial charge < -0.3 is 20.3 Å². The number of halogens is 1. The van der Waals surface area contributed by atoms with E-state index in [9.17, 15) is 4.79 Å². The molecule has 1 aliphatic heterocycles. The molecule has 130 valence electrons. The Morgan fingerprint density at radius 3 is 2.58 bits per heavy atom. The number of methoxy groups -OCH3 is 1. The molecule has 24 heavy (non-hydrogen) atoms. The SMILES string of the molecule is CCN(CC)C(=O)C1=C(C)NC(=S)N[C@H]1c1ccc(OC)c(Br)c1. The first kappa shape index (κ1) is 18.7. The maximum Gasteiger partial charge on any atom is 0.253 e. The third-order valence-electron chi connectivity index (χ3n) is 4.06. The average Bonchev–Trinajstić information content (AvgIpc) is 2.55. The Hall–Kier alpha value is -1.60. The van der Waals surface area contributed by atoms with E-state index in [2.05, 4.69) is 26.6 Å². The lowest BCUT2D eigenvalue weighted by Crippen LogP contribution is -2.47. The molecule has 0 fully saturated rings. The summed E-state index contributed by atoms with van der Waals surface area (Å²) in [5.74, 6) is 0.754. The molecule has 0 aromatic heterocycles. The number of nitrogens with zero attached hydrogens (tertiary/aromatic N) is 1. The van der Waals surface area contributed by atoms with Crippen LogP contribution in [0.5, 0.6) is 5.75 Å². The van der Waals surface area contributed by atoms with Crippen LogP contribution in [0.25, 0.3) is 0 Å². The molecule has 1 aromatic carbocycles. The van der Waals surface area contributed by atoms with Crippen molar-refractivity contribution >= 4 is 39.2 Å². The standard InChI is InChI=1S/C17H22BrN3O2S/c1-5-21(6-2)16(22)14-10(3)19-17(24)20-15(14)11-7-8-13(23-4)12(18)9-11/h7-9,15H,5-6H2,1-4H3,(H2,19,20,24)/t15-/m0/s1. The third kappa shape index (κ3) is 3.72. The Labute approximate surface area is 156 Å². The highest BCUT2D eigenvalue weighted by Crippen LogP contribution is 2.33. The second-order valence-electron chi connectivity index (χ2n) is 5.44. The zero-order valence-electron chi connectivity index (χ0n) is 14.3. The predicted octanol–water partition coefficient (Wildman–Crippen LogP) is 3.12. The van der Waals surface area contributed by atoms with E-state index in [1.807, 2.05) is 43.9 Å². The molecule has 1 atom stereocenters. The van der Waals surface area contributed by atoms with Gasteiger partial charge in [-0.05, 0) is 66.6 Å². The van der Waals surface area contributed by atoms with Crippen LogP contribution in [0.15, 0.2) is 33.9 Å².